The summed E-state index contributed by atoms with van der Waals surface area (Å²) in [7, 11) is -4.05. The van der Waals surface area contributed by atoms with E-state index < -0.39 is 21.8 Å². The second kappa shape index (κ2) is 7.36. The van der Waals surface area contributed by atoms with Crippen LogP contribution >= 0.6 is 0 Å². The van der Waals surface area contributed by atoms with Crippen LogP contribution in [0.3, 0.4) is 0 Å². The van der Waals surface area contributed by atoms with Crippen LogP contribution in [0.25, 0.3) is 11.3 Å². The van der Waals surface area contributed by atoms with Gasteiger partial charge in [-0.2, -0.15) is 0 Å². The Balaban J connectivity index is 2.27. The summed E-state index contributed by atoms with van der Waals surface area (Å²) in [6.07, 6.45) is 0. The minimum atomic E-state index is -4.05. The molecule has 0 saturated heterocycles. The van der Waals surface area contributed by atoms with Gasteiger partial charge >= 0.3 is 5.97 Å². The summed E-state index contributed by atoms with van der Waals surface area (Å²) in [4.78, 5) is 12.2. The lowest BCUT2D eigenvalue weighted by atomic mass is 10.1. The Morgan fingerprint density at radius 1 is 1.07 bits per heavy atom. The largest absolute Gasteiger partial charge is 0.462 e. The smallest absolute Gasteiger partial charge is 0.340 e. The van der Waals surface area contributed by atoms with Crippen molar-refractivity contribution in [2.75, 3.05) is 6.61 Å². The maximum absolute atomic E-state index is 13.2. The zero-order chi connectivity index (χ0) is 19.6. The SMILES string of the molecule is CCOC(=O)c1cc(-c2ccccc2)n(S(=O)(=O)c2ccc(F)cc2)c1C. The average molecular weight is 387 g/mol. The molecule has 0 aliphatic heterocycles. The van der Waals surface area contributed by atoms with E-state index in [1.165, 1.54) is 18.2 Å². The lowest BCUT2D eigenvalue weighted by Gasteiger charge is -2.13. The normalized spacial score (nSPS) is 11.4. The van der Waals surface area contributed by atoms with E-state index in [2.05, 4.69) is 0 Å². The number of aromatic nitrogens is 1. The van der Waals surface area contributed by atoms with Gasteiger partial charge in [0.1, 0.15) is 5.82 Å². The number of hydrogen-bond acceptors (Lipinski definition) is 4. The lowest BCUT2D eigenvalue weighted by molar-refractivity contribution is 0.0525. The number of carbonyl (C=O) groups is 1. The highest BCUT2D eigenvalue weighted by molar-refractivity contribution is 7.90. The zero-order valence-electron chi connectivity index (χ0n) is 14.8. The first kappa shape index (κ1) is 18.8. The molecular formula is C20H18FNO4S. The summed E-state index contributed by atoms with van der Waals surface area (Å²) in [5, 5.41) is 0. The molecular weight excluding hydrogens is 369 g/mol. The van der Waals surface area contributed by atoms with E-state index in [0.717, 1.165) is 16.1 Å². The number of rotatable bonds is 5. The van der Waals surface area contributed by atoms with Crippen LogP contribution in [-0.2, 0) is 14.8 Å². The van der Waals surface area contributed by atoms with Gasteiger partial charge in [-0.1, -0.05) is 30.3 Å². The molecule has 1 aromatic heterocycles. The van der Waals surface area contributed by atoms with Crippen LogP contribution in [0.2, 0.25) is 0 Å². The van der Waals surface area contributed by atoms with Gasteiger partial charge in [0.2, 0.25) is 0 Å². The van der Waals surface area contributed by atoms with Gasteiger partial charge in [0.05, 0.1) is 22.8 Å². The predicted octanol–water partition coefficient (Wildman–Crippen LogP) is 4.02. The molecule has 0 N–H and O–H groups in total. The van der Waals surface area contributed by atoms with E-state index in [9.17, 15) is 17.6 Å². The van der Waals surface area contributed by atoms with Crippen LogP contribution in [0.15, 0.2) is 65.6 Å². The summed E-state index contributed by atoms with van der Waals surface area (Å²) in [6.45, 7) is 3.40. The van der Waals surface area contributed by atoms with Crippen molar-refractivity contribution < 1.29 is 22.3 Å². The minimum absolute atomic E-state index is 0.0739. The van der Waals surface area contributed by atoms with Crippen molar-refractivity contribution in [3.8, 4) is 11.3 Å². The fourth-order valence-corrected chi connectivity index (χ4v) is 4.40. The highest BCUT2D eigenvalue weighted by Crippen LogP contribution is 2.30. The van der Waals surface area contributed by atoms with Crippen molar-refractivity contribution in [1.82, 2.24) is 3.97 Å². The number of halogens is 1. The highest BCUT2D eigenvalue weighted by Gasteiger charge is 2.28. The Labute approximate surface area is 157 Å². The zero-order valence-corrected chi connectivity index (χ0v) is 15.7. The Morgan fingerprint density at radius 3 is 2.30 bits per heavy atom. The molecule has 140 valence electrons. The maximum atomic E-state index is 13.2. The molecule has 1 heterocycles. The number of ether oxygens (including phenoxy) is 1. The Bertz CT molecular complexity index is 1070. The van der Waals surface area contributed by atoms with Gasteiger partial charge in [0, 0.05) is 5.69 Å². The van der Waals surface area contributed by atoms with Crippen molar-refractivity contribution >= 4 is 16.0 Å². The molecule has 0 spiro atoms. The van der Waals surface area contributed by atoms with E-state index in [1.807, 2.05) is 6.07 Å². The van der Waals surface area contributed by atoms with Crippen LogP contribution in [-0.4, -0.2) is 25.0 Å². The second-order valence-electron chi connectivity index (χ2n) is 5.84. The topological polar surface area (TPSA) is 65.4 Å². The third kappa shape index (κ3) is 3.50. The van der Waals surface area contributed by atoms with E-state index in [1.54, 1.807) is 38.1 Å². The summed E-state index contributed by atoms with van der Waals surface area (Å²) >= 11 is 0. The van der Waals surface area contributed by atoms with E-state index in [0.29, 0.717) is 11.3 Å². The van der Waals surface area contributed by atoms with Crippen molar-refractivity contribution in [3.63, 3.8) is 0 Å². The molecule has 5 nitrogen and oxygen atoms in total. The number of benzene rings is 2. The van der Waals surface area contributed by atoms with E-state index in [-0.39, 0.29) is 22.8 Å². The van der Waals surface area contributed by atoms with Crippen molar-refractivity contribution in [1.29, 1.82) is 0 Å². The fraction of sp³-hybridized carbons (Fsp3) is 0.150. The molecule has 0 radical (unpaired) electrons. The Morgan fingerprint density at radius 2 is 1.70 bits per heavy atom. The van der Waals surface area contributed by atoms with E-state index in [4.69, 9.17) is 4.74 Å². The fourth-order valence-electron chi connectivity index (χ4n) is 2.84. The van der Waals surface area contributed by atoms with Crippen LogP contribution in [0.5, 0.6) is 0 Å². The molecule has 0 atom stereocenters. The van der Waals surface area contributed by atoms with Gasteiger partial charge in [-0.25, -0.2) is 21.6 Å². The molecule has 0 unspecified atom stereocenters. The molecule has 7 heteroatoms. The maximum Gasteiger partial charge on any atom is 0.340 e. The number of esters is 1. The highest BCUT2D eigenvalue weighted by atomic mass is 32.2. The molecule has 2 aromatic carbocycles. The summed E-state index contributed by atoms with van der Waals surface area (Å²) in [6, 6.07) is 14.9. The molecule has 0 aliphatic rings. The first-order chi connectivity index (χ1) is 12.9. The third-order valence-electron chi connectivity index (χ3n) is 4.11. The predicted molar refractivity (Wildman–Crippen MR) is 99.5 cm³/mol. The lowest BCUT2D eigenvalue weighted by Crippen LogP contribution is -2.17. The number of carbonyl (C=O) groups excluding carboxylic acids is 1. The number of hydrogen-bond donors (Lipinski definition) is 0. The standard InChI is InChI=1S/C20H18FNO4S/c1-3-26-20(23)18-13-19(15-7-5-4-6-8-15)22(14(18)2)27(24,25)17-11-9-16(21)10-12-17/h4-13H,3H2,1-2H3. The van der Waals surface area contributed by atoms with Crippen LogP contribution in [0.1, 0.15) is 23.0 Å². The Kier molecular flexibility index (Phi) is 5.14. The Hall–Kier alpha value is -2.93. The molecule has 0 amide bonds. The van der Waals surface area contributed by atoms with Crippen LogP contribution in [0, 0.1) is 12.7 Å². The van der Waals surface area contributed by atoms with E-state index >= 15 is 0 Å². The van der Waals surface area contributed by atoms with Gasteiger partial charge in [-0.3, -0.25) is 0 Å². The summed E-state index contributed by atoms with van der Waals surface area (Å²) in [5.74, 6) is -1.13. The van der Waals surface area contributed by atoms with Gasteiger partial charge in [-0.05, 0) is 49.7 Å². The van der Waals surface area contributed by atoms with Gasteiger partial charge in [0.15, 0.2) is 0 Å². The number of nitrogens with zero attached hydrogens (tertiary/aromatic N) is 1. The second-order valence-corrected chi connectivity index (χ2v) is 7.63. The molecule has 0 saturated carbocycles. The molecule has 3 rings (SSSR count). The third-order valence-corrected chi connectivity index (χ3v) is 5.93. The molecule has 0 fully saturated rings. The van der Waals surface area contributed by atoms with Crippen molar-refractivity contribution in [3.05, 3.63) is 77.7 Å². The van der Waals surface area contributed by atoms with Crippen LogP contribution in [0.4, 0.5) is 4.39 Å². The molecule has 0 bridgehead atoms. The van der Waals surface area contributed by atoms with Gasteiger partial charge in [-0.15, -0.1) is 0 Å². The first-order valence-corrected chi connectivity index (χ1v) is 9.76. The van der Waals surface area contributed by atoms with Crippen molar-refractivity contribution in [2.24, 2.45) is 0 Å². The summed E-state index contributed by atoms with van der Waals surface area (Å²) in [5.41, 5.74) is 1.36. The monoisotopic (exact) mass is 387 g/mol. The molecule has 27 heavy (non-hydrogen) atoms. The van der Waals surface area contributed by atoms with Crippen molar-refractivity contribution in [2.45, 2.75) is 18.7 Å². The molecule has 0 aliphatic carbocycles. The van der Waals surface area contributed by atoms with Crippen LogP contribution < -0.4 is 0 Å². The quantitative estimate of drug-likeness (QED) is 0.621. The molecule has 3 aromatic rings. The summed E-state index contributed by atoms with van der Waals surface area (Å²) < 4.78 is 45.9. The van der Waals surface area contributed by atoms with Gasteiger partial charge in [0.25, 0.3) is 10.0 Å². The first-order valence-electron chi connectivity index (χ1n) is 8.32. The minimum Gasteiger partial charge on any atom is -0.462 e. The average Bonchev–Trinajstić information content (AvgIpc) is 3.01. The van der Waals surface area contributed by atoms with Gasteiger partial charge < -0.3 is 4.74 Å².